The Kier molecular flexibility index (Phi) is 7.96. The first-order valence-corrected chi connectivity index (χ1v) is 11.9. The molecule has 0 amide bonds. The van der Waals surface area contributed by atoms with Gasteiger partial charge in [-0.3, -0.25) is 0 Å². The normalized spacial score (nSPS) is 21.0. The molecule has 0 saturated heterocycles. The summed E-state index contributed by atoms with van der Waals surface area (Å²) in [6, 6.07) is 18.0. The van der Waals surface area contributed by atoms with E-state index in [0.717, 1.165) is 13.2 Å². The molecule has 2 aromatic rings. The van der Waals surface area contributed by atoms with E-state index in [-0.39, 0.29) is 24.8 Å². The molecule has 0 N–H and O–H groups in total. The predicted octanol–water partition coefficient (Wildman–Crippen LogP) is 0.490. The SMILES string of the molecule is CCC(C)[CH]([Zr+2][CH]1C=Cc2ccccc21)C1C=Cc2ccccc21.[Cl-].[Cl-]. The second-order valence-corrected chi connectivity index (χ2v) is 11.0. The minimum Gasteiger partial charge on any atom is -1.00 e. The standard InChI is InChI=1S/C14H17.C9H7.2ClH.Zr/c1-3-11(2)10-13-9-8-12-6-4-5-7-14(12)13;1-2-5-9-7-3-6-8(9)4-1;;;/h4-11,13H,3H2,1-2H3;1-7H;2*1H;/q;;;;+2/p-2. The Morgan fingerprint density at radius 2 is 1.42 bits per heavy atom. The van der Waals surface area contributed by atoms with Gasteiger partial charge in [-0.2, -0.15) is 0 Å². The summed E-state index contributed by atoms with van der Waals surface area (Å²) < 4.78 is 1.60. The summed E-state index contributed by atoms with van der Waals surface area (Å²) in [4.78, 5) is 0. The molecule has 2 aliphatic rings. The van der Waals surface area contributed by atoms with Gasteiger partial charge in [0.1, 0.15) is 0 Å². The van der Waals surface area contributed by atoms with Crippen LogP contribution >= 0.6 is 0 Å². The third-order valence-corrected chi connectivity index (χ3v) is 11.0. The molecule has 4 atom stereocenters. The van der Waals surface area contributed by atoms with Gasteiger partial charge < -0.3 is 24.8 Å². The van der Waals surface area contributed by atoms with Gasteiger partial charge in [-0.1, -0.05) is 0 Å². The van der Waals surface area contributed by atoms with Gasteiger partial charge in [0.25, 0.3) is 0 Å². The fraction of sp³-hybridized carbons (Fsp3) is 0.304. The van der Waals surface area contributed by atoms with Crippen molar-refractivity contribution in [2.45, 2.75) is 33.4 Å². The van der Waals surface area contributed by atoms with Gasteiger partial charge in [0, 0.05) is 0 Å². The Bertz CT molecular complexity index is 796. The molecule has 0 aromatic heterocycles. The molecule has 26 heavy (non-hydrogen) atoms. The van der Waals surface area contributed by atoms with Gasteiger partial charge in [-0.15, -0.1) is 0 Å². The van der Waals surface area contributed by atoms with Crippen molar-refractivity contribution in [1.82, 2.24) is 0 Å². The summed E-state index contributed by atoms with van der Waals surface area (Å²) in [5.74, 6) is 1.45. The molecule has 4 rings (SSSR count). The number of hydrogen-bond acceptors (Lipinski definition) is 0. The number of fused-ring (bicyclic) bond motifs is 2. The van der Waals surface area contributed by atoms with E-state index in [0.29, 0.717) is 5.92 Å². The summed E-state index contributed by atoms with van der Waals surface area (Å²) in [5.41, 5.74) is 6.05. The number of rotatable bonds is 5. The van der Waals surface area contributed by atoms with Crippen LogP contribution in [0.5, 0.6) is 0 Å². The monoisotopic (exact) mass is 460 g/mol. The predicted molar refractivity (Wildman–Crippen MR) is 99.6 cm³/mol. The van der Waals surface area contributed by atoms with Crippen molar-refractivity contribution < 1.29 is 48.0 Å². The minimum absolute atomic E-state index is 0. The number of hydrogen-bond donors (Lipinski definition) is 0. The maximum absolute atomic E-state index is 2.50. The van der Waals surface area contributed by atoms with Gasteiger partial charge in [0.2, 0.25) is 0 Å². The molecule has 0 aliphatic heterocycles. The van der Waals surface area contributed by atoms with Gasteiger partial charge in [0.15, 0.2) is 0 Å². The molecule has 134 valence electrons. The molecule has 4 unspecified atom stereocenters. The number of halogens is 2. The third kappa shape index (κ3) is 4.11. The van der Waals surface area contributed by atoms with Crippen LogP contribution in [-0.2, 0) is 23.2 Å². The average molecular weight is 463 g/mol. The second kappa shape index (κ2) is 9.54. The zero-order chi connectivity index (χ0) is 16.5. The van der Waals surface area contributed by atoms with Crippen molar-refractivity contribution >= 4 is 12.2 Å². The molecule has 0 spiro atoms. The zero-order valence-electron chi connectivity index (χ0n) is 15.2. The molecular formula is C23H24Cl2Zr. The summed E-state index contributed by atoms with van der Waals surface area (Å²) in [7, 11) is 0. The van der Waals surface area contributed by atoms with Crippen molar-refractivity contribution in [3.8, 4) is 0 Å². The van der Waals surface area contributed by atoms with Crippen molar-refractivity contribution in [3.63, 3.8) is 0 Å². The van der Waals surface area contributed by atoms with Crippen LogP contribution in [0.15, 0.2) is 60.7 Å². The van der Waals surface area contributed by atoms with E-state index >= 15 is 0 Å². The van der Waals surface area contributed by atoms with Gasteiger partial charge in [0.05, 0.1) is 0 Å². The average Bonchev–Trinajstić information content (AvgIpc) is 3.23. The van der Waals surface area contributed by atoms with Crippen LogP contribution in [0.2, 0.25) is 3.63 Å². The molecule has 0 saturated carbocycles. The third-order valence-electron chi connectivity index (χ3n) is 5.65. The van der Waals surface area contributed by atoms with E-state index in [9.17, 15) is 0 Å². The van der Waals surface area contributed by atoms with E-state index in [1.54, 1.807) is 11.1 Å². The Hall–Kier alpha value is -0.617. The van der Waals surface area contributed by atoms with Crippen molar-refractivity contribution in [2.24, 2.45) is 5.92 Å². The molecule has 0 nitrogen and oxygen atoms in total. The zero-order valence-corrected chi connectivity index (χ0v) is 19.2. The summed E-state index contributed by atoms with van der Waals surface area (Å²) >= 11 is -0.612. The van der Waals surface area contributed by atoms with Crippen molar-refractivity contribution in [3.05, 3.63) is 82.9 Å². The maximum atomic E-state index is 2.50. The molecular weight excluding hydrogens is 438 g/mol. The van der Waals surface area contributed by atoms with Crippen molar-refractivity contribution in [1.29, 1.82) is 0 Å². The molecule has 0 fully saturated rings. The largest absolute Gasteiger partial charge is 1.00 e. The van der Waals surface area contributed by atoms with Crippen LogP contribution in [0.1, 0.15) is 52.1 Å². The summed E-state index contributed by atoms with van der Waals surface area (Å²) in [6.45, 7) is 4.84. The van der Waals surface area contributed by atoms with Crippen LogP contribution in [-0.4, -0.2) is 0 Å². The quantitative estimate of drug-likeness (QED) is 0.607. The van der Waals surface area contributed by atoms with Crippen LogP contribution in [0, 0.1) is 5.92 Å². The molecule has 3 heteroatoms. The van der Waals surface area contributed by atoms with Gasteiger partial charge in [-0.05, 0) is 0 Å². The van der Waals surface area contributed by atoms with Crippen molar-refractivity contribution in [2.75, 3.05) is 0 Å². The molecule has 0 heterocycles. The van der Waals surface area contributed by atoms with Gasteiger partial charge in [-0.25, -0.2) is 0 Å². The van der Waals surface area contributed by atoms with E-state index in [2.05, 4.69) is 86.7 Å². The van der Waals surface area contributed by atoms with Crippen LogP contribution in [0.25, 0.3) is 12.2 Å². The van der Waals surface area contributed by atoms with Crippen LogP contribution < -0.4 is 24.8 Å². The fourth-order valence-corrected chi connectivity index (χ4v) is 9.30. The first kappa shape index (κ1) is 21.7. The van der Waals surface area contributed by atoms with Crippen LogP contribution in [0.3, 0.4) is 0 Å². The molecule has 0 bridgehead atoms. The Morgan fingerprint density at radius 1 is 0.846 bits per heavy atom. The van der Waals surface area contributed by atoms with Crippen LogP contribution in [0.4, 0.5) is 0 Å². The Balaban J connectivity index is 0.00000121. The minimum atomic E-state index is -0.612. The summed E-state index contributed by atoms with van der Waals surface area (Å²) in [5, 5.41) is 0. The van der Waals surface area contributed by atoms with E-state index in [1.165, 1.54) is 17.5 Å². The van der Waals surface area contributed by atoms with E-state index in [1.807, 2.05) is 0 Å². The van der Waals surface area contributed by atoms with E-state index in [4.69, 9.17) is 0 Å². The summed E-state index contributed by atoms with van der Waals surface area (Å²) in [6.07, 6.45) is 11.0. The first-order valence-electron chi connectivity index (χ1n) is 9.08. The fourth-order valence-electron chi connectivity index (χ4n) is 4.07. The molecule has 0 radical (unpaired) electrons. The van der Waals surface area contributed by atoms with Gasteiger partial charge >= 0.3 is 158 Å². The molecule has 2 aromatic carbocycles. The number of benzene rings is 2. The second-order valence-electron chi connectivity index (χ2n) is 7.06. The maximum Gasteiger partial charge on any atom is -1.00 e. The Labute approximate surface area is 181 Å². The number of allylic oxidation sites excluding steroid dienone is 2. The first-order chi connectivity index (χ1) is 11.8. The van der Waals surface area contributed by atoms with E-state index < -0.39 is 23.2 Å². The Morgan fingerprint density at radius 3 is 2.12 bits per heavy atom. The molecule has 2 aliphatic carbocycles. The smallest absolute Gasteiger partial charge is 1.00 e. The topological polar surface area (TPSA) is 0 Å².